The Bertz CT molecular complexity index is 577. The lowest BCUT2D eigenvalue weighted by Crippen LogP contribution is -2.33. The van der Waals surface area contributed by atoms with Crippen LogP contribution >= 0.6 is 0 Å². The summed E-state index contributed by atoms with van der Waals surface area (Å²) in [6.45, 7) is 2.20. The van der Waals surface area contributed by atoms with Crippen LogP contribution in [0.1, 0.15) is 36.4 Å². The lowest BCUT2D eigenvalue weighted by atomic mass is 9.96. The molecular weight excluding hydrogens is 270 g/mol. The maximum Gasteiger partial charge on any atom is 0.0366 e. The molecule has 1 saturated heterocycles. The minimum Gasteiger partial charge on any atom is -0.378 e. The molecule has 22 heavy (non-hydrogen) atoms. The number of aromatic nitrogens is 1. The first-order valence-corrected chi connectivity index (χ1v) is 8.14. The molecule has 0 aliphatic carbocycles. The van der Waals surface area contributed by atoms with Crippen molar-refractivity contribution < 1.29 is 0 Å². The van der Waals surface area contributed by atoms with Gasteiger partial charge in [-0.05, 0) is 48.7 Å². The van der Waals surface area contributed by atoms with Crippen LogP contribution in [0.25, 0.3) is 0 Å². The van der Waals surface area contributed by atoms with Crippen LogP contribution in [0.2, 0.25) is 0 Å². The van der Waals surface area contributed by atoms with Gasteiger partial charge in [0.1, 0.15) is 0 Å². The number of hydrogen-bond acceptors (Lipinski definition) is 3. The highest BCUT2D eigenvalue weighted by Gasteiger charge is 2.23. The first-order valence-electron chi connectivity index (χ1n) is 8.14. The standard InChI is InChI=1S/C19H25N3/c1-21(2)18-10-8-16(9-11-18)15-22-13-4-3-7-19(22)17-6-5-12-20-14-17/h5-6,8-12,14,19H,3-4,7,13,15H2,1-2H3/t19-/m1/s1. The quantitative estimate of drug-likeness (QED) is 0.853. The molecule has 1 aromatic heterocycles. The highest BCUT2D eigenvalue weighted by atomic mass is 15.2. The number of benzene rings is 1. The Morgan fingerprint density at radius 2 is 1.95 bits per heavy atom. The maximum atomic E-state index is 4.30. The third kappa shape index (κ3) is 3.47. The number of nitrogens with zero attached hydrogens (tertiary/aromatic N) is 3. The van der Waals surface area contributed by atoms with Gasteiger partial charge in [0.2, 0.25) is 0 Å². The van der Waals surface area contributed by atoms with Crippen molar-refractivity contribution in [3.63, 3.8) is 0 Å². The fourth-order valence-corrected chi connectivity index (χ4v) is 3.26. The topological polar surface area (TPSA) is 19.4 Å². The van der Waals surface area contributed by atoms with Crippen molar-refractivity contribution in [1.29, 1.82) is 0 Å². The van der Waals surface area contributed by atoms with Crippen molar-refractivity contribution in [3.8, 4) is 0 Å². The Morgan fingerprint density at radius 3 is 2.64 bits per heavy atom. The largest absolute Gasteiger partial charge is 0.378 e. The van der Waals surface area contributed by atoms with Crippen LogP contribution in [0, 0.1) is 0 Å². The predicted molar refractivity (Wildman–Crippen MR) is 92.0 cm³/mol. The number of pyridine rings is 1. The summed E-state index contributed by atoms with van der Waals surface area (Å²) in [5.41, 5.74) is 4.00. The highest BCUT2D eigenvalue weighted by Crippen LogP contribution is 2.31. The zero-order valence-corrected chi connectivity index (χ0v) is 13.6. The molecule has 3 heteroatoms. The molecule has 2 heterocycles. The Balaban J connectivity index is 1.74. The van der Waals surface area contributed by atoms with Crippen LogP contribution in [0.4, 0.5) is 5.69 Å². The molecular formula is C19H25N3. The highest BCUT2D eigenvalue weighted by molar-refractivity contribution is 5.46. The first-order chi connectivity index (χ1) is 10.7. The van der Waals surface area contributed by atoms with Gasteiger partial charge in [-0.3, -0.25) is 9.88 Å². The van der Waals surface area contributed by atoms with E-state index in [2.05, 4.69) is 59.2 Å². The summed E-state index contributed by atoms with van der Waals surface area (Å²) >= 11 is 0. The molecule has 0 bridgehead atoms. The second kappa shape index (κ2) is 6.93. The zero-order valence-electron chi connectivity index (χ0n) is 13.6. The van der Waals surface area contributed by atoms with E-state index in [1.165, 1.54) is 42.6 Å². The lowest BCUT2D eigenvalue weighted by molar-refractivity contribution is 0.140. The molecule has 1 aromatic carbocycles. The van der Waals surface area contributed by atoms with Crippen LogP contribution in [0.5, 0.6) is 0 Å². The van der Waals surface area contributed by atoms with Crippen molar-refractivity contribution in [1.82, 2.24) is 9.88 Å². The second-order valence-corrected chi connectivity index (χ2v) is 6.33. The van der Waals surface area contributed by atoms with Crippen LogP contribution < -0.4 is 4.90 Å². The Kier molecular flexibility index (Phi) is 4.74. The molecule has 0 amide bonds. The summed E-state index contributed by atoms with van der Waals surface area (Å²) in [5, 5.41) is 0. The van der Waals surface area contributed by atoms with Gasteiger partial charge < -0.3 is 4.90 Å². The van der Waals surface area contributed by atoms with Gasteiger partial charge in [-0.25, -0.2) is 0 Å². The number of piperidine rings is 1. The number of likely N-dealkylation sites (tertiary alicyclic amines) is 1. The van der Waals surface area contributed by atoms with Gasteiger partial charge in [-0.1, -0.05) is 24.6 Å². The van der Waals surface area contributed by atoms with E-state index in [4.69, 9.17) is 0 Å². The summed E-state index contributed by atoms with van der Waals surface area (Å²) in [5.74, 6) is 0. The lowest BCUT2D eigenvalue weighted by Gasteiger charge is -2.36. The zero-order chi connectivity index (χ0) is 15.4. The van der Waals surface area contributed by atoms with Crippen molar-refractivity contribution in [2.45, 2.75) is 31.8 Å². The van der Waals surface area contributed by atoms with E-state index in [-0.39, 0.29) is 0 Å². The van der Waals surface area contributed by atoms with Gasteiger partial charge in [0.05, 0.1) is 0 Å². The van der Waals surface area contributed by atoms with Gasteiger partial charge in [0.25, 0.3) is 0 Å². The molecule has 0 saturated carbocycles. The molecule has 2 aromatic rings. The summed E-state index contributed by atoms with van der Waals surface area (Å²) in [4.78, 5) is 9.04. The van der Waals surface area contributed by atoms with Crippen molar-refractivity contribution in [2.75, 3.05) is 25.5 Å². The molecule has 116 valence electrons. The molecule has 0 unspecified atom stereocenters. The molecule has 1 aliphatic rings. The van der Waals surface area contributed by atoms with Crippen molar-refractivity contribution >= 4 is 5.69 Å². The average molecular weight is 295 g/mol. The van der Waals surface area contributed by atoms with Crippen LogP contribution in [0.3, 0.4) is 0 Å². The van der Waals surface area contributed by atoms with Crippen LogP contribution in [-0.4, -0.2) is 30.5 Å². The smallest absolute Gasteiger partial charge is 0.0366 e. The molecule has 3 nitrogen and oxygen atoms in total. The van der Waals surface area contributed by atoms with E-state index in [1.54, 1.807) is 0 Å². The third-order valence-corrected chi connectivity index (χ3v) is 4.52. The van der Waals surface area contributed by atoms with E-state index in [0.29, 0.717) is 6.04 Å². The normalized spacial score (nSPS) is 19.1. The first kappa shape index (κ1) is 15.0. The number of hydrogen-bond donors (Lipinski definition) is 0. The monoisotopic (exact) mass is 295 g/mol. The fourth-order valence-electron chi connectivity index (χ4n) is 3.26. The number of rotatable bonds is 4. The maximum absolute atomic E-state index is 4.30. The Hall–Kier alpha value is -1.87. The SMILES string of the molecule is CN(C)c1ccc(CN2CCCC[C@@H]2c2cccnc2)cc1. The van der Waals surface area contributed by atoms with E-state index in [0.717, 1.165) is 6.54 Å². The summed E-state index contributed by atoms with van der Waals surface area (Å²) < 4.78 is 0. The Morgan fingerprint density at radius 1 is 1.14 bits per heavy atom. The van der Waals surface area contributed by atoms with Crippen LogP contribution in [-0.2, 0) is 6.54 Å². The van der Waals surface area contributed by atoms with Gasteiger partial charge in [0.15, 0.2) is 0 Å². The summed E-state index contributed by atoms with van der Waals surface area (Å²) in [7, 11) is 4.16. The van der Waals surface area contributed by atoms with Gasteiger partial charge in [0, 0.05) is 44.8 Å². The van der Waals surface area contributed by atoms with Crippen molar-refractivity contribution in [2.24, 2.45) is 0 Å². The van der Waals surface area contributed by atoms with Gasteiger partial charge >= 0.3 is 0 Å². The molecule has 0 spiro atoms. The molecule has 1 atom stereocenters. The third-order valence-electron chi connectivity index (χ3n) is 4.52. The summed E-state index contributed by atoms with van der Waals surface area (Å²) in [6.07, 6.45) is 7.73. The second-order valence-electron chi connectivity index (χ2n) is 6.33. The molecule has 0 N–H and O–H groups in total. The molecule has 0 radical (unpaired) electrons. The predicted octanol–water partition coefficient (Wildman–Crippen LogP) is 3.87. The number of anilines is 1. The van der Waals surface area contributed by atoms with Crippen molar-refractivity contribution in [3.05, 3.63) is 59.9 Å². The molecule has 3 rings (SSSR count). The average Bonchev–Trinajstić information content (AvgIpc) is 2.57. The summed E-state index contributed by atoms with van der Waals surface area (Å²) in [6, 6.07) is 13.7. The van der Waals surface area contributed by atoms with E-state index in [1.807, 2.05) is 18.5 Å². The van der Waals surface area contributed by atoms with E-state index in [9.17, 15) is 0 Å². The minimum absolute atomic E-state index is 0.510. The van der Waals surface area contributed by atoms with Gasteiger partial charge in [-0.15, -0.1) is 0 Å². The fraction of sp³-hybridized carbons (Fsp3) is 0.421. The Labute approximate surface area is 133 Å². The molecule has 1 aliphatic heterocycles. The van der Waals surface area contributed by atoms with E-state index >= 15 is 0 Å². The minimum atomic E-state index is 0.510. The van der Waals surface area contributed by atoms with Gasteiger partial charge in [-0.2, -0.15) is 0 Å². The van der Waals surface area contributed by atoms with Crippen LogP contribution in [0.15, 0.2) is 48.8 Å². The van der Waals surface area contributed by atoms with E-state index < -0.39 is 0 Å². The molecule has 1 fully saturated rings.